The number of ether oxygens (including phenoxy) is 1. The number of rotatable bonds is 7. The van der Waals surface area contributed by atoms with Gasteiger partial charge in [-0.3, -0.25) is 9.59 Å². The molecule has 1 saturated heterocycles. The molecule has 0 unspecified atom stereocenters. The summed E-state index contributed by atoms with van der Waals surface area (Å²) in [6.07, 6.45) is -0.333. The fraction of sp³-hybridized carbons (Fsp3) is 0.636. The summed E-state index contributed by atoms with van der Waals surface area (Å²) in [5.41, 5.74) is 0.0839. The van der Waals surface area contributed by atoms with E-state index in [9.17, 15) is 22.8 Å². The zero-order valence-electron chi connectivity index (χ0n) is 18.0. The van der Waals surface area contributed by atoms with E-state index in [0.717, 1.165) is 32.2 Å². The Bertz CT molecular complexity index is 782. The predicted molar refractivity (Wildman–Crippen MR) is 109 cm³/mol. The number of benzene rings is 1. The van der Waals surface area contributed by atoms with Gasteiger partial charge in [-0.25, -0.2) is 0 Å². The monoisotopic (exact) mass is 441 g/mol. The molecule has 2 aliphatic rings. The van der Waals surface area contributed by atoms with Crippen LogP contribution in [0.15, 0.2) is 24.3 Å². The third-order valence-electron chi connectivity index (χ3n) is 6.32. The highest BCUT2D eigenvalue weighted by atomic mass is 19.4. The van der Waals surface area contributed by atoms with Crippen LogP contribution in [0.4, 0.5) is 13.2 Å². The van der Waals surface area contributed by atoms with E-state index in [1.165, 1.54) is 24.3 Å². The molecule has 2 atom stereocenters. The third-order valence-corrected chi connectivity index (χ3v) is 6.32. The summed E-state index contributed by atoms with van der Waals surface area (Å²) in [7, 11) is 3.92. The van der Waals surface area contributed by atoms with Gasteiger partial charge in [-0.2, -0.15) is 0 Å². The van der Waals surface area contributed by atoms with Crippen molar-refractivity contribution in [2.75, 3.05) is 27.2 Å². The number of amides is 2. The van der Waals surface area contributed by atoms with E-state index in [4.69, 9.17) is 0 Å². The maximum absolute atomic E-state index is 13.3. The van der Waals surface area contributed by atoms with Crippen LogP contribution in [0.3, 0.4) is 0 Å². The van der Waals surface area contributed by atoms with Gasteiger partial charge in [0, 0.05) is 32.1 Å². The number of likely N-dealkylation sites (N-methyl/N-ethyl adjacent to an activating group) is 1. The molecule has 2 amide bonds. The number of carbonyl (C=O) groups is 2. The number of carbonyl (C=O) groups excluding carboxylic acids is 2. The molecule has 1 aromatic rings. The van der Waals surface area contributed by atoms with Crippen molar-refractivity contribution in [3.8, 4) is 5.75 Å². The van der Waals surface area contributed by atoms with Crippen LogP contribution < -0.4 is 10.1 Å². The van der Waals surface area contributed by atoms with Crippen LogP contribution in [0.25, 0.3) is 0 Å². The van der Waals surface area contributed by atoms with Crippen molar-refractivity contribution < 1.29 is 27.5 Å². The lowest BCUT2D eigenvalue weighted by Gasteiger charge is -2.51. The van der Waals surface area contributed by atoms with Gasteiger partial charge in [-0.15, -0.1) is 13.2 Å². The van der Waals surface area contributed by atoms with Crippen LogP contribution in [0, 0.1) is 5.41 Å². The Morgan fingerprint density at radius 2 is 1.94 bits per heavy atom. The number of hydrogen-bond acceptors (Lipinski definition) is 4. The second-order valence-corrected chi connectivity index (χ2v) is 8.68. The highest BCUT2D eigenvalue weighted by molar-refractivity contribution is 5.88. The zero-order valence-corrected chi connectivity index (χ0v) is 18.0. The number of halogens is 3. The van der Waals surface area contributed by atoms with Crippen molar-refractivity contribution >= 4 is 11.8 Å². The molecule has 0 radical (unpaired) electrons. The minimum absolute atomic E-state index is 0.0739. The van der Waals surface area contributed by atoms with Crippen LogP contribution in [0.2, 0.25) is 0 Å². The minimum atomic E-state index is -4.73. The van der Waals surface area contributed by atoms with E-state index in [2.05, 4.69) is 10.1 Å². The van der Waals surface area contributed by atoms with Crippen LogP contribution >= 0.6 is 0 Å². The van der Waals surface area contributed by atoms with E-state index >= 15 is 0 Å². The molecule has 1 aliphatic heterocycles. The highest BCUT2D eigenvalue weighted by Crippen LogP contribution is 2.46. The van der Waals surface area contributed by atoms with Gasteiger partial charge < -0.3 is 19.9 Å². The van der Waals surface area contributed by atoms with Crippen molar-refractivity contribution in [3.05, 3.63) is 29.8 Å². The van der Waals surface area contributed by atoms with Gasteiger partial charge in [0.2, 0.25) is 11.8 Å². The Kier molecular flexibility index (Phi) is 7.13. The molecule has 6 nitrogen and oxygen atoms in total. The van der Waals surface area contributed by atoms with Crippen molar-refractivity contribution in [1.82, 2.24) is 15.1 Å². The summed E-state index contributed by atoms with van der Waals surface area (Å²) in [5.74, 6) is -0.261. The lowest BCUT2D eigenvalue weighted by atomic mass is 9.64. The smallest absolute Gasteiger partial charge is 0.406 e. The first kappa shape index (κ1) is 23.4. The molecule has 2 fully saturated rings. The van der Waals surface area contributed by atoms with Crippen LogP contribution in [-0.4, -0.2) is 61.2 Å². The Labute approximate surface area is 180 Å². The van der Waals surface area contributed by atoms with Crippen LogP contribution in [0.5, 0.6) is 5.75 Å². The summed E-state index contributed by atoms with van der Waals surface area (Å²) in [6, 6.07) is 5.37. The predicted octanol–water partition coefficient (Wildman–Crippen LogP) is 3.31. The fourth-order valence-corrected chi connectivity index (χ4v) is 4.75. The summed E-state index contributed by atoms with van der Waals surface area (Å²) in [4.78, 5) is 29.9. The molecule has 1 heterocycles. The molecule has 172 valence electrons. The average Bonchev–Trinajstić information content (AvgIpc) is 2.71. The molecule has 0 spiro atoms. The molecule has 0 aromatic heterocycles. The third kappa shape index (κ3) is 5.70. The number of likely N-dealkylation sites (tertiary alicyclic amines) is 1. The molecule has 1 N–H and O–H groups in total. The van der Waals surface area contributed by atoms with Gasteiger partial charge in [0.15, 0.2) is 0 Å². The number of nitrogens with zero attached hydrogens (tertiary/aromatic N) is 2. The number of nitrogens with one attached hydrogen (secondary N) is 1. The van der Waals surface area contributed by atoms with Gasteiger partial charge >= 0.3 is 6.36 Å². The number of hydrogen-bond donors (Lipinski definition) is 1. The molecule has 31 heavy (non-hydrogen) atoms. The molecular formula is C22H30F3N3O3. The van der Waals surface area contributed by atoms with Gasteiger partial charge in [0.25, 0.3) is 0 Å². The number of fused-ring (bicyclic) bond motifs is 1. The van der Waals surface area contributed by atoms with Gasteiger partial charge in [-0.05, 0) is 51.1 Å². The summed E-state index contributed by atoms with van der Waals surface area (Å²) >= 11 is 0. The number of alkyl halides is 3. The van der Waals surface area contributed by atoms with E-state index in [0.29, 0.717) is 24.9 Å². The van der Waals surface area contributed by atoms with Crippen LogP contribution in [0.1, 0.15) is 44.1 Å². The summed E-state index contributed by atoms with van der Waals surface area (Å²) in [6.45, 7) is 1.56. The van der Waals surface area contributed by atoms with Crippen molar-refractivity contribution in [1.29, 1.82) is 0 Å². The SMILES string of the molecule is CN(C)CCN1C(=O)CC[C@]2(C(=O)NCc3ccc(OC(F)(F)F)cc3)CCCC[C@@H]12. The molecular weight excluding hydrogens is 411 g/mol. The lowest BCUT2D eigenvalue weighted by Crippen LogP contribution is -2.62. The molecule has 1 aromatic carbocycles. The fourth-order valence-electron chi connectivity index (χ4n) is 4.75. The van der Waals surface area contributed by atoms with Gasteiger partial charge in [-0.1, -0.05) is 25.0 Å². The largest absolute Gasteiger partial charge is 0.573 e. The van der Waals surface area contributed by atoms with Crippen molar-refractivity contribution in [3.63, 3.8) is 0 Å². The van der Waals surface area contributed by atoms with E-state index in [1.54, 1.807) is 0 Å². The van der Waals surface area contributed by atoms with E-state index in [-0.39, 0.29) is 30.2 Å². The Balaban J connectivity index is 1.68. The topological polar surface area (TPSA) is 61.9 Å². The molecule has 3 rings (SSSR count). The first-order valence-electron chi connectivity index (χ1n) is 10.7. The van der Waals surface area contributed by atoms with Gasteiger partial charge in [0.05, 0.1) is 5.41 Å². The second kappa shape index (κ2) is 9.46. The Morgan fingerprint density at radius 3 is 2.58 bits per heavy atom. The first-order valence-corrected chi connectivity index (χ1v) is 10.7. The highest BCUT2D eigenvalue weighted by Gasteiger charge is 2.52. The van der Waals surface area contributed by atoms with Crippen LogP contribution in [-0.2, 0) is 16.1 Å². The van der Waals surface area contributed by atoms with Crippen molar-refractivity contribution in [2.24, 2.45) is 5.41 Å². The normalized spacial score (nSPS) is 24.1. The quantitative estimate of drug-likeness (QED) is 0.705. The summed E-state index contributed by atoms with van der Waals surface area (Å²) in [5, 5.41) is 2.98. The molecule has 9 heteroatoms. The van der Waals surface area contributed by atoms with E-state index in [1.807, 2.05) is 23.9 Å². The maximum Gasteiger partial charge on any atom is 0.573 e. The molecule has 1 saturated carbocycles. The minimum Gasteiger partial charge on any atom is -0.406 e. The maximum atomic E-state index is 13.3. The zero-order chi connectivity index (χ0) is 22.6. The number of piperidine rings is 1. The molecule has 1 aliphatic carbocycles. The van der Waals surface area contributed by atoms with Crippen molar-refractivity contribution in [2.45, 2.75) is 57.5 Å². The Hall–Kier alpha value is -2.29. The standard InChI is InChI=1S/C22H30F3N3O3/c1-27(2)13-14-28-18-5-3-4-11-21(18,12-10-19(28)29)20(30)26-15-16-6-8-17(9-7-16)31-22(23,24)25/h6-9,18H,3-5,10-15H2,1-2H3,(H,26,30)/t18-,21-/m1/s1. The molecule has 0 bridgehead atoms. The first-order chi connectivity index (χ1) is 14.6. The van der Waals surface area contributed by atoms with E-state index < -0.39 is 11.8 Å². The van der Waals surface area contributed by atoms with Gasteiger partial charge in [0.1, 0.15) is 5.75 Å². The lowest BCUT2D eigenvalue weighted by molar-refractivity contribution is -0.274. The Morgan fingerprint density at radius 1 is 1.23 bits per heavy atom. The average molecular weight is 441 g/mol. The second-order valence-electron chi connectivity index (χ2n) is 8.68. The summed E-state index contributed by atoms with van der Waals surface area (Å²) < 4.78 is 40.8.